The molecule has 2 aliphatic heterocycles. The second-order valence-electron chi connectivity index (χ2n) is 6.86. The molecule has 174 valence electrons. The van der Waals surface area contributed by atoms with Crippen molar-refractivity contribution in [1.82, 2.24) is 20.1 Å². The smallest absolute Gasteiger partial charge is 0.353 e. The second-order valence-corrected chi connectivity index (χ2v) is 12.0. The van der Waals surface area contributed by atoms with Crippen LogP contribution in [0.4, 0.5) is 5.13 Å². The first-order valence-corrected chi connectivity index (χ1v) is 13.3. The number of anilines is 1. The van der Waals surface area contributed by atoms with Crippen molar-refractivity contribution < 1.29 is 24.7 Å². The van der Waals surface area contributed by atoms with Gasteiger partial charge in [-0.1, -0.05) is 51.2 Å². The van der Waals surface area contributed by atoms with Crippen LogP contribution in [0.5, 0.6) is 0 Å². The topological polar surface area (TPSA) is 172 Å². The molecule has 0 saturated carbocycles. The molecular weight excluding hydrogens is 532 g/mol. The number of thioether (sulfide) groups is 2. The number of nitrogen functional groups attached to an aromatic ring is 1. The number of halogens is 1. The number of allylic oxidation sites excluding steroid dienone is 1. The summed E-state index contributed by atoms with van der Waals surface area (Å²) in [5.41, 5.74) is 6.73. The Morgan fingerprint density at radius 2 is 2.18 bits per heavy atom. The Labute approximate surface area is 208 Å². The normalized spacial score (nSPS) is 20.6. The van der Waals surface area contributed by atoms with Gasteiger partial charge in [0, 0.05) is 17.4 Å². The lowest BCUT2D eigenvalue weighted by molar-refractivity contribution is -0.159. The summed E-state index contributed by atoms with van der Waals surface area (Å²) >= 11 is 11.1. The summed E-state index contributed by atoms with van der Waals surface area (Å²) in [5, 5.41) is 30.4. The number of aliphatic carboxylic acids is 1. The number of aromatic nitrogens is 3. The van der Waals surface area contributed by atoms with E-state index in [-0.39, 0.29) is 33.0 Å². The fraction of sp³-hybridized carbons (Fsp3) is 0.353. The SMILES string of the molecule is Nc1nc(/C(=N\O)C(=O)CC2C(=O)N3C(C(=O)O)=C(SCSc4nncs4)CCC23)c(Cl)s1. The Morgan fingerprint density at radius 3 is 2.79 bits per heavy atom. The number of ketones is 1. The molecule has 2 aromatic rings. The van der Waals surface area contributed by atoms with Crippen LogP contribution in [0.1, 0.15) is 25.0 Å². The minimum absolute atomic E-state index is 0.0447. The fourth-order valence-corrected chi connectivity index (χ4v) is 7.64. The van der Waals surface area contributed by atoms with E-state index in [1.54, 1.807) is 5.51 Å². The van der Waals surface area contributed by atoms with Crippen LogP contribution in [0.2, 0.25) is 4.34 Å². The van der Waals surface area contributed by atoms with Gasteiger partial charge in [0.05, 0.1) is 11.0 Å². The third kappa shape index (κ3) is 4.73. The number of oxime groups is 1. The number of hydrogen-bond donors (Lipinski definition) is 3. The average Bonchev–Trinajstić information content (AvgIpc) is 3.41. The summed E-state index contributed by atoms with van der Waals surface area (Å²) in [4.78, 5) is 43.3. The molecule has 4 rings (SSSR count). The zero-order valence-corrected chi connectivity index (χ0v) is 20.5. The minimum Gasteiger partial charge on any atom is -0.477 e. The van der Waals surface area contributed by atoms with E-state index in [4.69, 9.17) is 17.3 Å². The molecule has 2 aliphatic rings. The predicted octanol–water partition coefficient (Wildman–Crippen LogP) is 2.77. The van der Waals surface area contributed by atoms with E-state index >= 15 is 0 Å². The van der Waals surface area contributed by atoms with Gasteiger partial charge in [-0.15, -0.1) is 22.0 Å². The van der Waals surface area contributed by atoms with Crippen molar-refractivity contribution in [3.05, 3.63) is 26.1 Å². The van der Waals surface area contributed by atoms with E-state index in [1.807, 2.05) is 0 Å². The summed E-state index contributed by atoms with van der Waals surface area (Å²) in [5.74, 6) is -3.00. The lowest BCUT2D eigenvalue weighted by atomic mass is 9.77. The number of carboxylic acid groups (broad SMARTS) is 1. The van der Waals surface area contributed by atoms with Gasteiger partial charge in [0.2, 0.25) is 5.91 Å². The van der Waals surface area contributed by atoms with Crippen molar-refractivity contribution in [2.24, 2.45) is 11.1 Å². The van der Waals surface area contributed by atoms with Crippen molar-refractivity contribution in [2.45, 2.75) is 29.6 Å². The van der Waals surface area contributed by atoms with Crippen LogP contribution in [-0.4, -0.2) is 64.9 Å². The quantitative estimate of drug-likeness (QED) is 0.105. The average molecular weight is 547 g/mol. The van der Waals surface area contributed by atoms with E-state index in [0.717, 1.165) is 15.7 Å². The molecule has 0 aromatic carbocycles. The third-order valence-corrected chi connectivity index (χ3v) is 9.30. The lowest BCUT2D eigenvalue weighted by Crippen LogP contribution is -2.63. The highest BCUT2D eigenvalue weighted by Crippen LogP contribution is 2.45. The predicted molar refractivity (Wildman–Crippen MR) is 126 cm³/mol. The maximum absolute atomic E-state index is 12.9. The summed E-state index contributed by atoms with van der Waals surface area (Å²) < 4.78 is 0.868. The number of hydrogen-bond acceptors (Lipinski definition) is 13. The monoisotopic (exact) mass is 546 g/mol. The maximum Gasteiger partial charge on any atom is 0.353 e. The molecule has 4 N–H and O–H groups in total. The number of carboxylic acids is 1. The Balaban J connectivity index is 1.45. The van der Waals surface area contributed by atoms with Crippen molar-refractivity contribution in [1.29, 1.82) is 0 Å². The van der Waals surface area contributed by atoms with Gasteiger partial charge in [-0.2, -0.15) is 0 Å². The largest absolute Gasteiger partial charge is 0.477 e. The molecule has 16 heteroatoms. The first-order valence-electron chi connectivity index (χ1n) is 9.30. The molecule has 4 heterocycles. The van der Waals surface area contributed by atoms with Crippen LogP contribution in [0.15, 0.2) is 25.6 Å². The molecule has 0 aliphatic carbocycles. The second kappa shape index (κ2) is 9.97. The van der Waals surface area contributed by atoms with Gasteiger partial charge < -0.3 is 20.9 Å². The number of thiazole rings is 1. The van der Waals surface area contributed by atoms with Gasteiger partial charge in [0.15, 0.2) is 21.0 Å². The molecule has 0 spiro atoms. The summed E-state index contributed by atoms with van der Waals surface area (Å²) in [7, 11) is 0. The van der Waals surface area contributed by atoms with Crippen molar-refractivity contribution in [3.63, 3.8) is 0 Å². The van der Waals surface area contributed by atoms with Crippen LogP contribution in [0, 0.1) is 5.92 Å². The highest BCUT2D eigenvalue weighted by atomic mass is 35.5. The van der Waals surface area contributed by atoms with E-state index in [1.165, 1.54) is 39.8 Å². The number of rotatable bonds is 9. The van der Waals surface area contributed by atoms with Crippen LogP contribution < -0.4 is 5.73 Å². The van der Waals surface area contributed by atoms with Crippen LogP contribution in [0.25, 0.3) is 0 Å². The van der Waals surface area contributed by atoms with Crippen LogP contribution >= 0.6 is 57.8 Å². The van der Waals surface area contributed by atoms with Crippen LogP contribution in [0.3, 0.4) is 0 Å². The highest BCUT2D eigenvalue weighted by Gasteiger charge is 2.53. The van der Waals surface area contributed by atoms with E-state index in [9.17, 15) is 24.7 Å². The molecule has 0 radical (unpaired) electrons. The standard InChI is InChI=1S/C17H15ClN6O5S4/c18-13-11(21-16(19)33-13)10(23-29)8(25)3-6-7-1-2-9(12(15(27)28)24(7)14(6)26)31-5-32-17-22-20-4-30-17/h4,6-7,29H,1-3,5H2,(H2,19,21)(H,27,28)/b23-10-. The molecule has 2 aromatic heterocycles. The van der Waals surface area contributed by atoms with Gasteiger partial charge in [-0.05, 0) is 12.8 Å². The Kier molecular flexibility index (Phi) is 7.23. The molecular formula is C17H15ClN6O5S4. The molecule has 1 fully saturated rings. The Hall–Kier alpha value is -2.20. The summed E-state index contributed by atoms with van der Waals surface area (Å²) in [6, 6.07) is -0.427. The minimum atomic E-state index is -1.19. The fourth-order valence-electron chi connectivity index (χ4n) is 3.70. The van der Waals surface area contributed by atoms with Crippen molar-refractivity contribution >= 4 is 86.3 Å². The van der Waals surface area contributed by atoms with E-state index in [0.29, 0.717) is 22.8 Å². The number of β-lactam (4-membered cyclic amide) rings is 1. The molecule has 2 unspecified atom stereocenters. The van der Waals surface area contributed by atoms with Crippen molar-refractivity contribution in [2.75, 3.05) is 10.8 Å². The van der Waals surface area contributed by atoms with Gasteiger partial charge in [0.25, 0.3) is 0 Å². The molecule has 2 atom stereocenters. The number of Topliss-reactive ketones (excluding diaryl/α,β-unsaturated/α-hetero) is 1. The van der Waals surface area contributed by atoms with Crippen LogP contribution in [-0.2, 0) is 14.4 Å². The first-order chi connectivity index (χ1) is 15.8. The van der Waals surface area contributed by atoms with Gasteiger partial charge >= 0.3 is 5.97 Å². The lowest BCUT2D eigenvalue weighted by Gasteiger charge is -2.50. The highest BCUT2D eigenvalue weighted by molar-refractivity contribution is 8.18. The zero-order chi connectivity index (χ0) is 23.7. The maximum atomic E-state index is 12.9. The molecule has 33 heavy (non-hydrogen) atoms. The number of amides is 1. The van der Waals surface area contributed by atoms with Gasteiger partial charge in [-0.25, -0.2) is 9.78 Å². The van der Waals surface area contributed by atoms with E-state index in [2.05, 4.69) is 20.3 Å². The number of carbonyl (C=O) groups excluding carboxylic acids is 2. The summed E-state index contributed by atoms with van der Waals surface area (Å²) in [6.07, 6.45) is 0.731. The molecule has 11 nitrogen and oxygen atoms in total. The third-order valence-electron chi connectivity index (χ3n) is 5.08. The first kappa shape index (κ1) is 23.9. The van der Waals surface area contributed by atoms with Gasteiger partial charge in [-0.3, -0.25) is 9.59 Å². The summed E-state index contributed by atoms with van der Waals surface area (Å²) in [6.45, 7) is 0. The zero-order valence-electron chi connectivity index (χ0n) is 16.5. The number of carbonyl (C=O) groups is 3. The molecule has 1 amide bonds. The Morgan fingerprint density at radius 1 is 1.39 bits per heavy atom. The van der Waals surface area contributed by atoms with E-state index < -0.39 is 29.6 Å². The Bertz CT molecular complexity index is 1170. The molecule has 1 saturated heterocycles. The molecule has 0 bridgehead atoms. The number of nitrogens with two attached hydrogens (primary N) is 1. The van der Waals surface area contributed by atoms with Crippen molar-refractivity contribution in [3.8, 4) is 0 Å². The number of nitrogens with zero attached hydrogens (tertiary/aromatic N) is 5. The number of fused-ring (bicyclic) bond motifs is 1. The van der Waals surface area contributed by atoms with Gasteiger partial charge in [0.1, 0.15) is 21.2 Å².